The molecule has 26 heavy (non-hydrogen) atoms. The molecule has 1 atom stereocenters. The molecule has 7 nitrogen and oxygen atoms in total. The number of benzene rings is 2. The number of para-hydroxylation sites is 1. The Labute approximate surface area is 154 Å². The largest absolute Gasteiger partial charge is 0.493 e. The Balaban J connectivity index is 2.43. The Morgan fingerprint density at radius 3 is 2.58 bits per heavy atom. The minimum Gasteiger partial charge on any atom is -0.493 e. The zero-order valence-corrected chi connectivity index (χ0v) is 14.7. The van der Waals surface area contributed by atoms with E-state index in [4.69, 9.17) is 31.3 Å². The lowest BCUT2D eigenvalue weighted by atomic mass is 10.2. The molecule has 136 valence electrons. The number of halogens is 1. The molecule has 2 N–H and O–H groups in total. The van der Waals surface area contributed by atoms with E-state index >= 15 is 0 Å². The molecule has 0 radical (unpaired) electrons. The maximum Gasteiger partial charge on any atom is 0.344 e. The van der Waals surface area contributed by atoms with Crippen LogP contribution in [0.25, 0.3) is 0 Å². The first-order valence-corrected chi connectivity index (χ1v) is 7.84. The number of carboxylic acid groups (broad SMARTS) is 2. The third-order valence-corrected chi connectivity index (χ3v) is 3.73. The van der Waals surface area contributed by atoms with Gasteiger partial charge >= 0.3 is 11.9 Å². The molecule has 0 aliphatic rings. The minimum atomic E-state index is -1.13. The van der Waals surface area contributed by atoms with E-state index in [2.05, 4.69) is 4.99 Å². The number of methoxy groups -OCH3 is 1. The molecular weight excluding hydrogens is 362 g/mol. The summed E-state index contributed by atoms with van der Waals surface area (Å²) in [4.78, 5) is 26.3. The van der Waals surface area contributed by atoms with Crippen molar-refractivity contribution in [3.8, 4) is 11.5 Å². The number of aromatic carboxylic acids is 1. The van der Waals surface area contributed by atoms with E-state index in [1.165, 1.54) is 38.4 Å². The van der Waals surface area contributed by atoms with Crippen LogP contribution in [0.5, 0.6) is 11.5 Å². The van der Waals surface area contributed by atoms with Gasteiger partial charge in [-0.3, -0.25) is 4.99 Å². The number of hydrogen-bond acceptors (Lipinski definition) is 5. The van der Waals surface area contributed by atoms with Crippen LogP contribution >= 0.6 is 11.6 Å². The van der Waals surface area contributed by atoms with E-state index in [1.807, 2.05) is 0 Å². The normalized spacial score (nSPS) is 12.0. The smallest absolute Gasteiger partial charge is 0.344 e. The summed E-state index contributed by atoms with van der Waals surface area (Å²) in [6.45, 7) is 1.39. The molecule has 8 heteroatoms. The maximum absolute atomic E-state index is 11.1. The average Bonchev–Trinajstić information content (AvgIpc) is 2.61. The number of nitrogens with zero attached hydrogens (tertiary/aromatic N) is 1. The fourth-order valence-electron chi connectivity index (χ4n) is 2.03. The second-order valence-corrected chi connectivity index (χ2v) is 5.61. The number of carboxylic acids is 2. The number of rotatable bonds is 7. The number of hydrogen-bond donors (Lipinski definition) is 2. The maximum atomic E-state index is 11.1. The highest BCUT2D eigenvalue weighted by Crippen LogP contribution is 2.32. The van der Waals surface area contributed by atoms with Gasteiger partial charge in [0, 0.05) is 11.8 Å². The fraction of sp³-hybridized carbons (Fsp3) is 0.167. The van der Waals surface area contributed by atoms with E-state index < -0.39 is 18.0 Å². The fourth-order valence-corrected chi connectivity index (χ4v) is 2.20. The van der Waals surface area contributed by atoms with Crippen molar-refractivity contribution < 1.29 is 29.3 Å². The Bertz CT molecular complexity index is 865. The van der Waals surface area contributed by atoms with Crippen molar-refractivity contribution in [3.05, 3.63) is 52.5 Å². The molecule has 0 aliphatic carbocycles. The first-order valence-electron chi connectivity index (χ1n) is 7.47. The SMILES string of the molecule is COc1cccc(C=Nc2cc(C(=O)O)ccc2Cl)c1O[C@@H](C)C(=O)O. The van der Waals surface area contributed by atoms with Crippen LogP contribution in [0.2, 0.25) is 5.02 Å². The molecule has 0 aromatic heterocycles. The number of aliphatic carboxylic acids is 1. The third-order valence-electron chi connectivity index (χ3n) is 3.41. The van der Waals surface area contributed by atoms with Crippen LogP contribution in [-0.2, 0) is 4.79 Å². The Hall–Kier alpha value is -3.06. The van der Waals surface area contributed by atoms with Crippen LogP contribution in [0, 0.1) is 0 Å². The topological polar surface area (TPSA) is 105 Å². The average molecular weight is 378 g/mol. The van der Waals surface area contributed by atoms with Gasteiger partial charge in [-0.05, 0) is 37.3 Å². The molecule has 0 aliphatic heterocycles. The zero-order chi connectivity index (χ0) is 19.3. The third kappa shape index (κ3) is 4.52. The molecule has 0 heterocycles. The van der Waals surface area contributed by atoms with Crippen molar-refractivity contribution in [3.63, 3.8) is 0 Å². The first kappa shape index (κ1) is 19.3. The molecule has 2 aromatic rings. The monoisotopic (exact) mass is 377 g/mol. The molecule has 0 saturated carbocycles. The number of aliphatic imine (C=N–C) groups is 1. The summed E-state index contributed by atoms with van der Waals surface area (Å²) >= 11 is 6.05. The minimum absolute atomic E-state index is 0.0446. The summed E-state index contributed by atoms with van der Waals surface area (Å²) in [6.07, 6.45) is 0.302. The van der Waals surface area contributed by atoms with Gasteiger partial charge < -0.3 is 19.7 Å². The van der Waals surface area contributed by atoms with Crippen LogP contribution in [0.4, 0.5) is 5.69 Å². The van der Waals surface area contributed by atoms with Crippen molar-refractivity contribution in [2.75, 3.05) is 7.11 Å². The molecule has 0 unspecified atom stereocenters. The highest BCUT2D eigenvalue weighted by molar-refractivity contribution is 6.33. The number of ether oxygens (including phenoxy) is 2. The second kappa shape index (κ2) is 8.35. The van der Waals surface area contributed by atoms with Gasteiger partial charge in [0.1, 0.15) is 0 Å². The molecule has 0 fully saturated rings. The van der Waals surface area contributed by atoms with E-state index in [9.17, 15) is 9.59 Å². The van der Waals surface area contributed by atoms with Crippen molar-refractivity contribution >= 4 is 35.4 Å². The molecule has 0 bridgehead atoms. The van der Waals surface area contributed by atoms with Gasteiger partial charge in [-0.1, -0.05) is 17.7 Å². The van der Waals surface area contributed by atoms with Crippen molar-refractivity contribution in [2.24, 2.45) is 4.99 Å². The molecule has 0 spiro atoms. The van der Waals surface area contributed by atoms with Crippen molar-refractivity contribution in [1.82, 2.24) is 0 Å². The summed E-state index contributed by atoms with van der Waals surface area (Å²) in [6, 6.07) is 9.12. The van der Waals surface area contributed by atoms with Gasteiger partial charge in [0.15, 0.2) is 17.6 Å². The Kier molecular flexibility index (Phi) is 6.19. The van der Waals surface area contributed by atoms with Gasteiger partial charge in [-0.2, -0.15) is 0 Å². The summed E-state index contributed by atoms with van der Waals surface area (Å²) in [5.74, 6) is -1.68. The van der Waals surface area contributed by atoms with Crippen LogP contribution in [0.3, 0.4) is 0 Å². The van der Waals surface area contributed by atoms with Crippen molar-refractivity contribution in [2.45, 2.75) is 13.0 Å². The lowest BCUT2D eigenvalue weighted by Crippen LogP contribution is -2.23. The second-order valence-electron chi connectivity index (χ2n) is 5.21. The Morgan fingerprint density at radius 1 is 1.23 bits per heavy atom. The lowest BCUT2D eigenvalue weighted by molar-refractivity contribution is -0.144. The van der Waals surface area contributed by atoms with Crippen LogP contribution < -0.4 is 9.47 Å². The molecular formula is C18H16ClNO6. The quantitative estimate of drug-likeness (QED) is 0.713. The van der Waals surface area contributed by atoms with Crippen LogP contribution in [0.1, 0.15) is 22.8 Å². The van der Waals surface area contributed by atoms with Gasteiger partial charge in [-0.25, -0.2) is 9.59 Å². The highest BCUT2D eigenvalue weighted by Gasteiger charge is 2.18. The van der Waals surface area contributed by atoms with Gasteiger partial charge in [0.25, 0.3) is 0 Å². The van der Waals surface area contributed by atoms with E-state index in [-0.39, 0.29) is 22.0 Å². The standard InChI is InChI=1S/C18H16ClNO6/c1-10(17(21)22)26-16-12(4-3-5-15(16)25-2)9-20-14-8-11(18(23)24)6-7-13(14)19/h3-10H,1-2H3,(H,21,22)(H,23,24)/t10-/m0/s1. The summed E-state index contributed by atoms with van der Waals surface area (Å²) < 4.78 is 10.7. The van der Waals surface area contributed by atoms with Crippen LogP contribution in [0.15, 0.2) is 41.4 Å². The van der Waals surface area contributed by atoms with E-state index in [0.29, 0.717) is 11.3 Å². The molecule has 0 amide bonds. The summed E-state index contributed by atoms with van der Waals surface area (Å²) in [7, 11) is 1.43. The number of carbonyl (C=O) groups is 2. The van der Waals surface area contributed by atoms with Gasteiger partial charge in [0.05, 0.1) is 23.4 Å². The molecule has 2 rings (SSSR count). The summed E-state index contributed by atoms with van der Waals surface area (Å²) in [5.41, 5.74) is 0.754. The summed E-state index contributed by atoms with van der Waals surface area (Å²) in [5, 5.41) is 18.4. The van der Waals surface area contributed by atoms with Gasteiger partial charge in [-0.15, -0.1) is 0 Å². The molecule has 0 saturated heterocycles. The highest BCUT2D eigenvalue weighted by atomic mass is 35.5. The molecule has 2 aromatic carbocycles. The predicted octanol–water partition coefficient (Wildman–Crippen LogP) is 3.65. The predicted molar refractivity (Wildman–Crippen MR) is 96.4 cm³/mol. The lowest BCUT2D eigenvalue weighted by Gasteiger charge is -2.15. The zero-order valence-electron chi connectivity index (χ0n) is 14.0. The Morgan fingerprint density at radius 2 is 1.96 bits per heavy atom. The van der Waals surface area contributed by atoms with E-state index in [1.54, 1.807) is 18.2 Å². The van der Waals surface area contributed by atoms with Crippen LogP contribution in [-0.4, -0.2) is 41.6 Å². The van der Waals surface area contributed by atoms with Crippen molar-refractivity contribution in [1.29, 1.82) is 0 Å². The first-order chi connectivity index (χ1) is 12.3. The van der Waals surface area contributed by atoms with E-state index in [0.717, 1.165) is 0 Å². The van der Waals surface area contributed by atoms with Gasteiger partial charge in [0.2, 0.25) is 0 Å².